The number of carbonyl (C=O) groups excluding carboxylic acids is 2. The standard InChI is InChI=1S/C32H38BrN3O4/c1-5-19(17-35)22-9-6-18(16-34)12-28(22)39-29(37)15-25-24-13-20(33)7-10-23(24)30-26(25)14-21-8-11-27(30)36(21)31(38)40-32(2,3)4/h5,7,10,13,15-19,21-22,27-28,34-35H,1,6,8-9,11-12,14H2,2-4H3/b25-15-,34-16?,35-17?/t18-,19?,21?,22+,27?,28-/m0/s1. The molecule has 1 amide bonds. The fraction of sp³-hybridized carbons (Fsp3) is 0.500. The van der Waals surface area contributed by atoms with Crippen LogP contribution in [0.3, 0.4) is 0 Å². The molecule has 1 saturated carbocycles. The number of amides is 1. The Labute approximate surface area is 244 Å². The summed E-state index contributed by atoms with van der Waals surface area (Å²) in [5, 5.41) is 15.6. The molecule has 5 rings (SSSR count). The van der Waals surface area contributed by atoms with Crippen LogP contribution in [0.25, 0.3) is 11.1 Å². The summed E-state index contributed by atoms with van der Waals surface area (Å²) in [7, 11) is 0. The zero-order chi connectivity index (χ0) is 28.8. The van der Waals surface area contributed by atoms with Crippen LogP contribution in [0.5, 0.6) is 0 Å². The Morgan fingerprint density at radius 1 is 1.15 bits per heavy atom. The molecule has 2 fully saturated rings. The molecule has 0 radical (unpaired) electrons. The van der Waals surface area contributed by atoms with Gasteiger partial charge in [-0.3, -0.25) is 4.90 Å². The zero-order valence-corrected chi connectivity index (χ0v) is 25.0. The number of hydrogen-bond acceptors (Lipinski definition) is 6. The van der Waals surface area contributed by atoms with Crippen molar-refractivity contribution in [3.05, 3.63) is 58.1 Å². The van der Waals surface area contributed by atoms with Crippen LogP contribution in [-0.4, -0.2) is 53.2 Å². The minimum Gasteiger partial charge on any atom is -0.459 e. The van der Waals surface area contributed by atoms with Gasteiger partial charge in [-0.2, -0.15) is 0 Å². The highest BCUT2D eigenvalue weighted by molar-refractivity contribution is 9.10. The van der Waals surface area contributed by atoms with Gasteiger partial charge in [-0.05, 0) is 111 Å². The predicted octanol–water partition coefficient (Wildman–Crippen LogP) is 7.20. The van der Waals surface area contributed by atoms with E-state index in [1.54, 1.807) is 12.2 Å². The lowest BCUT2D eigenvalue weighted by Crippen LogP contribution is -2.46. The Morgan fingerprint density at radius 3 is 2.60 bits per heavy atom. The third kappa shape index (κ3) is 5.35. The van der Waals surface area contributed by atoms with Gasteiger partial charge in [0.25, 0.3) is 0 Å². The zero-order valence-electron chi connectivity index (χ0n) is 23.4. The van der Waals surface area contributed by atoms with Crippen LogP contribution in [0.2, 0.25) is 0 Å². The van der Waals surface area contributed by atoms with Gasteiger partial charge in [0.15, 0.2) is 0 Å². The number of hydrogen-bond donors (Lipinski definition) is 2. The lowest BCUT2D eigenvalue weighted by atomic mass is 9.74. The number of nitrogens with zero attached hydrogens (tertiary/aromatic N) is 1. The highest BCUT2D eigenvalue weighted by Crippen LogP contribution is 2.54. The lowest BCUT2D eigenvalue weighted by molar-refractivity contribution is -0.148. The van der Waals surface area contributed by atoms with Crippen LogP contribution in [0.1, 0.15) is 70.4 Å². The molecule has 2 aliphatic carbocycles. The summed E-state index contributed by atoms with van der Waals surface area (Å²) in [6.45, 7) is 9.54. The largest absolute Gasteiger partial charge is 0.459 e. The van der Waals surface area contributed by atoms with Gasteiger partial charge in [-0.25, -0.2) is 9.59 Å². The van der Waals surface area contributed by atoms with Crippen molar-refractivity contribution in [1.29, 1.82) is 10.8 Å². The lowest BCUT2D eigenvalue weighted by Gasteiger charge is -2.37. The molecule has 2 N–H and O–H groups in total. The van der Waals surface area contributed by atoms with Crippen molar-refractivity contribution in [3.8, 4) is 0 Å². The third-order valence-corrected chi connectivity index (χ3v) is 9.19. The maximum absolute atomic E-state index is 13.5. The van der Waals surface area contributed by atoms with Crippen LogP contribution < -0.4 is 0 Å². The van der Waals surface area contributed by atoms with Crippen molar-refractivity contribution in [1.82, 2.24) is 4.90 Å². The Kier molecular flexibility index (Phi) is 7.92. The summed E-state index contributed by atoms with van der Waals surface area (Å²) in [6.07, 6.45) is 10.1. The molecule has 8 heteroatoms. The van der Waals surface area contributed by atoms with E-state index in [4.69, 9.17) is 20.3 Å². The number of fused-ring (bicyclic) bond motifs is 5. The molecular formula is C32H38BrN3O4. The van der Waals surface area contributed by atoms with Crippen LogP contribution >= 0.6 is 15.9 Å². The molecule has 212 valence electrons. The first kappa shape index (κ1) is 28.5. The van der Waals surface area contributed by atoms with E-state index in [9.17, 15) is 9.59 Å². The van der Waals surface area contributed by atoms with Crippen molar-refractivity contribution >= 4 is 51.6 Å². The Hall–Kier alpha value is -3.00. The monoisotopic (exact) mass is 607 g/mol. The van der Waals surface area contributed by atoms with Crippen LogP contribution in [0.15, 0.2) is 47.0 Å². The summed E-state index contributed by atoms with van der Waals surface area (Å²) >= 11 is 3.60. The molecular weight excluding hydrogens is 570 g/mol. The van der Waals surface area contributed by atoms with E-state index in [0.29, 0.717) is 12.8 Å². The maximum Gasteiger partial charge on any atom is 0.411 e. The van der Waals surface area contributed by atoms with Crippen LogP contribution in [0.4, 0.5) is 4.79 Å². The average Bonchev–Trinajstić information content (AvgIpc) is 3.37. The van der Waals surface area contributed by atoms with Gasteiger partial charge in [0, 0.05) is 34.6 Å². The average molecular weight is 609 g/mol. The fourth-order valence-electron chi connectivity index (χ4n) is 6.98. The van der Waals surface area contributed by atoms with E-state index in [-0.39, 0.29) is 35.9 Å². The van der Waals surface area contributed by atoms with Gasteiger partial charge in [0.2, 0.25) is 0 Å². The van der Waals surface area contributed by atoms with E-state index in [2.05, 4.69) is 28.6 Å². The Balaban J connectivity index is 1.48. The first-order chi connectivity index (χ1) is 19.0. The number of nitrogens with one attached hydrogen (secondary N) is 2. The second-order valence-electron chi connectivity index (χ2n) is 12.3. The number of allylic oxidation sites excluding steroid dienone is 2. The molecule has 6 atom stereocenters. The van der Waals surface area contributed by atoms with Crippen molar-refractivity contribution < 1.29 is 19.1 Å². The van der Waals surface area contributed by atoms with Crippen LogP contribution in [-0.2, 0) is 14.3 Å². The van der Waals surface area contributed by atoms with Gasteiger partial charge in [0.1, 0.15) is 11.7 Å². The summed E-state index contributed by atoms with van der Waals surface area (Å²) in [5.41, 5.74) is 4.52. The van der Waals surface area contributed by atoms with E-state index < -0.39 is 17.7 Å². The number of ether oxygens (including phenoxy) is 2. The number of rotatable bonds is 6. The van der Waals surface area contributed by atoms with Gasteiger partial charge < -0.3 is 20.3 Å². The van der Waals surface area contributed by atoms with Gasteiger partial charge in [-0.15, -0.1) is 6.58 Å². The molecule has 2 aliphatic heterocycles. The van der Waals surface area contributed by atoms with Gasteiger partial charge in [-0.1, -0.05) is 28.1 Å². The molecule has 40 heavy (non-hydrogen) atoms. The molecule has 0 aromatic heterocycles. The number of carbonyl (C=O) groups is 2. The smallest absolute Gasteiger partial charge is 0.411 e. The molecule has 4 aliphatic rings. The SMILES string of the molecule is C=CC(C=N)[C@H]1CC[C@H](C=N)C[C@@H]1OC(=O)/C=C1\C2=C(c3ccc(Br)cc31)C1CCC(C2)N1C(=O)OC(C)(C)C. The van der Waals surface area contributed by atoms with Crippen LogP contribution in [0, 0.1) is 28.6 Å². The highest BCUT2D eigenvalue weighted by atomic mass is 79.9. The third-order valence-electron chi connectivity index (χ3n) is 8.70. The van der Waals surface area contributed by atoms with Gasteiger partial charge >= 0.3 is 12.1 Å². The minimum absolute atomic E-state index is 0.0211. The predicted molar refractivity (Wildman–Crippen MR) is 161 cm³/mol. The van der Waals surface area contributed by atoms with Crippen molar-refractivity contribution in [3.63, 3.8) is 0 Å². The molecule has 3 unspecified atom stereocenters. The molecule has 1 aromatic rings. The van der Waals surface area contributed by atoms with Crippen molar-refractivity contribution in [2.24, 2.45) is 17.8 Å². The molecule has 2 bridgehead atoms. The molecule has 2 heterocycles. The van der Waals surface area contributed by atoms with E-state index in [1.807, 2.05) is 37.8 Å². The molecule has 0 spiro atoms. The van der Waals surface area contributed by atoms with Crippen molar-refractivity contribution in [2.75, 3.05) is 0 Å². The number of esters is 1. The molecule has 1 aromatic carbocycles. The minimum atomic E-state index is -0.575. The number of benzene rings is 1. The van der Waals surface area contributed by atoms with Crippen molar-refractivity contribution in [2.45, 2.75) is 83.1 Å². The van der Waals surface area contributed by atoms with E-state index in [1.165, 1.54) is 12.4 Å². The Morgan fingerprint density at radius 2 is 1.93 bits per heavy atom. The second kappa shape index (κ2) is 11.1. The summed E-state index contributed by atoms with van der Waals surface area (Å²) < 4.78 is 12.8. The summed E-state index contributed by atoms with van der Waals surface area (Å²) in [4.78, 5) is 28.7. The fourth-order valence-corrected chi connectivity index (χ4v) is 7.34. The summed E-state index contributed by atoms with van der Waals surface area (Å²) in [6, 6.07) is 6.03. The normalized spacial score (nSPS) is 28.9. The quantitative estimate of drug-likeness (QED) is 0.154. The number of halogens is 1. The maximum atomic E-state index is 13.5. The molecule has 7 nitrogen and oxygen atoms in total. The summed E-state index contributed by atoms with van der Waals surface area (Å²) in [5.74, 6) is -0.558. The topological polar surface area (TPSA) is 104 Å². The van der Waals surface area contributed by atoms with E-state index >= 15 is 0 Å². The second-order valence-corrected chi connectivity index (χ2v) is 13.3. The first-order valence-electron chi connectivity index (χ1n) is 14.2. The van der Waals surface area contributed by atoms with Gasteiger partial charge in [0.05, 0.1) is 6.04 Å². The first-order valence-corrected chi connectivity index (χ1v) is 14.9. The Bertz CT molecular complexity index is 1300. The highest BCUT2D eigenvalue weighted by Gasteiger charge is 2.49. The van der Waals surface area contributed by atoms with E-state index in [0.717, 1.165) is 58.0 Å². The molecule has 1 saturated heterocycles.